The topological polar surface area (TPSA) is 198 Å². The Morgan fingerprint density at radius 3 is 2.06 bits per heavy atom. The number of carbonyl (C=O) groups excluding carboxylic acids is 7. The third-order valence-electron chi connectivity index (χ3n) is 12.8. The van der Waals surface area contributed by atoms with Crippen molar-refractivity contribution in [2.45, 2.75) is 141 Å². The fraction of sp³-hybridized carbons (Fsp3) is 0.529. The molecule has 372 valence electrons. The molecule has 1 saturated heterocycles. The molecule has 7 atom stereocenters. The van der Waals surface area contributed by atoms with Gasteiger partial charge in [0.2, 0.25) is 29.5 Å². The first-order chi connectivity index (χ1) is 32.7. The average molecular weight is 991 g/mol. The SMILES string of the molecule is CC(C)C[C@@H]1NC(=O)[C@H](Cc2csc3ccc(Cl)cc23)N(C)C(=O)[C@H](Cc2cccc(F)c2)NC(=O)[C@H](CC(C)C)N(C)C(=O)[C@H](CC2=CCCC2)NC(=O)[C@@H](CCC#N)OC(=O)[C@H](C)N(C)C1=O. The monoisotopic (exact) mass is 989 g/mol. The maximum atomic E-state index is 15.2. The molecule has 0 bridgehead atoms. The molecule has 6 amide bonds. The van der Waals surface area contributed by atoms with Gasteiger partial charge in [-0.05, 0) is 110 Å². The zero-order valence-electron chi connectivity index (χ0n) is 40.7. The molecule has 1 aliphatic heterocycles. The van der Waals surface area contributed by atoms with Crippen molar-refractivity contribution < 1.29 is 42.7 Å². The number of hydrogen-bond donors (Lipinski definition) is 3. The van der Waals surface area contributed by atoms with Gasteiger partial charge in [-0.2, -0.15) is 5.26 Å². The maximum absolute atomic E-state index is 15.2. The van der Waals surface area contributed by atoms with Crippen molar-refractivity contribution in [3.05, 3.63) is 81.5 Å². The number of halogens is 2. The predicted molar refractivity (Wildman–Crippen MR) is 262 cm³/mol. The van der Waals surface area contributed by atoms with E-state index in [1.54, 1.807) is 18.2 Å². The van der Waals surface area contributed by atoms with E-state index in [2.05, 4.69) is 16.0 Å². The molecule has 1 aliphatic carbocycles. The van der Waals surface area contributed by atoms with Crippen LogP contribution < -0.4 is 16.0 Å². The van der Waals surface area contributed by atoms with Crippen molar-refractivity contribution in [2.75, 3.05) is 21.1 Å². The average Bonchev–Trinajstić information content (AvgIpc) is 3.97. The molecule has 3 N–H and O–H groups in total. The van der Waals surface area contributed by atoms with Gasteiger partial charge in [-0.15, -0.1) is 11.3 Å². The lowest BCUT2D eigenvalue weighted by Gasteiger charge is -2.35. The first-order valence-electron chi connectivity index (χ1n) is 23.5. The number of hydrogen-bond acceptors (Lipinski definition) is 10. The molecule has 0 spiro atoms. The second-order valence-electron chi connectivity index (χ2n) is 19.0. The number of amides is 6. The number of nitrogens with zero attached hydrogens (tertiary/aromatic N) is 4. The number of thiophene rings is 1. The molecule has 1 fully saturated rings. The minimum Gasteiger partial charge on any atom is -0.451 e. The van der Waals surface area contributed by atoms with Crippen molar-refractivity contribution in [2.24, 2.45) is 11.8 Å². The number of nitrogens with one attached hydrogen (secondary N) is 3. The standard InChI is InChI=1S/C51H65ClFN7O8S/c1-29(2)21-38-48(64)58(6)31(5)51(67)68-43(17-12-20-54)47(63)57-39(24-32-13-9-10-14-32)49(65)59(7)41(22-30(3)4)45(61)56-40(25-33-15-11-16-36(53)23-33)50(66)60(8)42(46(62)55-38)26-34-28-69-44-19-18-35(52)27-37(34)44/h11,13,15-16,18-19,23,27-31,38-43H,9-10,12,14,17,21-22,24-26H2,1-8H3,(H,55,62)(H,56,61)(H,57,63)/t31-,38-,39-,40-,41-,42-,43+/m0/s1. The minimum atomic E-state index is -1.54. The Morgan fingerprint density at radius 1 is 0.797 bits per heavy atom. The van der Waals surface area contributed by atoms with E-state index in [9.17, 15) is 38.4 Å². The van der Waals surface area contributed by atoms with Crippen molar-refractivity contribution in [1.82, 2.24) is 30.7 Å². The number of ether oxygens (including phenoxy) is 1. The highest BCUT2D eigenvalue weighted by molar-refractivity contribution is 7.17. The van der Waals surface area contributed by atoms with Crippen LogP contribution in [0.25, 0.3) is 10.1 Å². The number of nitriles is 1. The van der Waals surface area contributed by atoms with Crippen LogP contribution in [0.1, 0.15) is 97.1 Å². The fourth-order valence-electron chi connectivity index (χ4n) is 8.76. The Hall–Kier alpha value is -5.86. The summed E-state index contributed by atoms with van der Waals surface area (Å²) in [5.41, 5.74) is 1.96. The van der Waals surface area contributed by atoms with Gasteiger partial charge < -0.3 is 35.4 Å². The summed E-state index contributed by atoms with van der Waals surface area (Å²) in [5.74, 6) is -6.11. The number of carbonyl (C=O) groups is 7. The van der Waals surface area contributed by atoms with E-state index in [0.29, 0.717) is 22.6 Å². The molecule has 69 heavy (non-hydrogen) atoms. The molecule has 0 radical (unpaired) electrons. The Labute approximate surface area is 413 Å². The summed E-state index contributed by atoms with van der Waals surface area (Å²) in [6.07, 6.45) is 2.45. The minimum absolute atomic E-state index is 0.0493. The second kappa shape index (κ2) is 24.6. The van der Waals surface area contributed by atoms with Gasteiger partial charge in [0.1, 0.15) is 42.1 Å². The summed E-state index contributed by atoms with van der Waals surface area (Å²) in [5, 5.41) is 21.1. The highest BCUT2D eigenvalue weighted by Gasteiger charge is 2.41. The molecular formula is C51H65ClFN7O8S. The van der Waals surface area contributed by atoms with E-state index in [1.807, 2.05) is 51.3 Å². The van der Waals surface area contributed by atoms with Crippen LogP contribution in [-0.4, -0.2) is 120 Å². The first kappa shape index (κ1) is 54.1. The highest BCUT2D eigenvalue weighted by atomic mass is 35.5. The van der Waals surface area contributed by atoms with Crippen molar-refractivity contribution >= 4 is 74.4 Å². The second-order valence-corrected chi connectivity index (χ2v) is 20.4. The normalized spacial score (nSPS) is 24.2. The van der Waals surface area contributed by atoms with Gasteiger partial charge in [0.25, 0.3) is 5.91 Å². The van der Waals surface area contributed by atoms with Gasteiger partial charge in [-0.25, -0.2) is 9.18 Å². The Balaban J connectivity index is 1.67. The first-order valence-corrected chi connectivity index (χ1v) is 24.8. The maximum Gasteiger partial charge on any atom is 0.329 e. The molecule has 2 aromatic carbocycles. The number of benzene rings is 2. The van der Waals surface area contributed by atoms with Gasteiger partial charge in [0.05, 0.1) is 6.07 Å². The number of fused-ring (bicyclic) bond motifs is 1. The molecule has 1 aromatic heterocycles. The molecule has 5 rings (SSSR count). The van der Waals surface area contributed by atoms with Gasteiger partial charge in [0.15, 0.2) is 6.10 Å². The van der Waals surface area contributed by atoms with Gasteiger partial charge >= 0.3 is 5.97 Å². The Morgan fingerprint density at radius 2 is 1.42 bits per heavy atom. The van der Waals surface area contributed by atoms with Crippen LogP contribution in [0.3, 0.4) is 0 Å². The zero-order chi connectivity index (χ0) is 50.7. The molecule has 2 aliphatic rings. The molecule has 18 heteroatoms. The van der Waals surface area contributed by atoms with Crippen molar-refractivity contribution in [3.8, 4) is 6.07 Å². The fourth-order valence-corrected chi connectivity index (χ4v) is 9.89. The summed E-state index contributed by atoms with van der Waals surface area (Å²) in [4.78, 5) is 106. The van der Waals surface area contributed by atoms with E-state index >= 15 is 4.79 Å². The molecular weight excluding hydrogens is 925 g/mol. The lowest BCUT2D eigenvalue weighted by molar-refractivity contribution is -0.163. The lowest BCUT2D eigenvalue weighted by atomic mass is 9.97. The van der Waals surface area contributed by atoms with Gasteiger partial charge in [-0.3, -0.25) is 28.8 Å². The summed E-state index contributed by atoms with van der Waals surface area (Å²) in [6.45, 7) is 8.86. The van der Waals surface area contributed by atoms with Gasteiger partial charge in [-0.1, -0.05) is 63.1 Å². The molecule has 0 unspecified atom stereocenters. The van der Waals surface area contributed by atoms with E-state index in [4.69, 9.17) is 16.3 Å². The van der Waals surface area contributed by atoms with E-state index < -0.39 is 89.6 Å². The summed E-state index contributed by atoms with van der Waals surface area (Å²) in [6, 6.07) is 5.28. The number of rotatable bonds is 12. The zero-order valence-corrected chi connectivity index (χ0v) is 42.3. The van der Waals surface area contributed by atoms with Crippen molar-refractivity contribution in [3.63, 3.8) is 0 Å². The molecule has 0 saturated carbocycles. The quantitative estimate of drug-likeness (QED) is 0.139. The van der Waals surface area contributed by atoms with Crippen LogP contribution in [0.4, 0.5) is 4.39 Å². The Bertz CT molecular complexity index is 2450. The van der Waals surface area contributed by atoms with E-state index in [1.165, 1.54) is 67.4 Å². The van der Waals surface area contributed by atoms with Crippen LogP contribution in [0.15, 0.2) is 59.5 Å². The third-order valence-corrected chi connectivity index (χ3v) is 14.0. The van der Waals surface area contributed by atoms with Gasteiger partial charge in [0, 0.05) is 56.5 Å². The van der Waals surface area contributed by atoms with Crippen LogP contribution in [-0.2, 0) is 51.1 Å². The highest BCUT2D eigenvalue weighted by Crippen LogP contribution is 2.31. The Kier molecular flexibility index (Phi) is 19.3. The number of cyclic esters (lactones) is 1. The number of esters is 1. The van der Waals surface area contributed by atoms with Crippen LogP contribution in [0, 0.1) is 29.0 Å². The number of allylic oxidation sites excluding steroid dienone is 1. The molecule has 15 nitrogen and oxygen atoms in total. The summed E-state index contributed by atoms with van der Waals surface area (Å²) in [7, 11) is 4.23. The van der Waals surface area contributed by atoms with E-state index in [-0.39, 0.29) is 56.8 Å². The smallest absolute Gasteiger partial charge is 0.329 e. The van der Waals surface area contributed by atoms with E-state index in [0.717, 1.165) is 33.4 Å². The van der Waals surface area contributed by atoms with Crippen LogP contribution in [0.5, 0.6) is 0 Å². The third kappa shape index (κ3) is 14.4. The van der Waals surface area contributed by atoms with Crippen molar-refractivity contribution in [1.29, 1.82) is 5.26 Å². The molecule has 2 heterocycles. The number of likely N-dealkylation sites (N-methyl/N-ethyl adjacent to an activating group) is 3. The largest absolute Gasteiger partial charge is 0.451 e. The predicted octanol–water partition coefficient (Wildman–Crippen LogP) is 6.26. The lowest BCUT2D eigenvalue weighted by Crippen LogP contribution is -2.60. The van der Waals surface area contributed by atoms with Crippen LogP contribution >= 0.6 is 22.9 Å². The summed E-state index contributed by atoms with van der Waals surface area (Å²) < 4.78 is 21.4. The summed E-state index contributed by atoms with van der Waals surface area (Å²) >= 11 is 7.86. The van der Waals surface area contributed by atoms with Crippen LogP contribution in [0.2, 0.25) is 5.02 Å². The molecule has 3 aromatic rings.